The number of nitrogens with one attached hydrogen (secondary N) is 3. The molecule has 0 fully saturated rings. The Morgan fingerprint density at radius 2 is 1.61 bits per heavy atom. The maximum absolute atomic E-state index is 12.9. The maximum atomic E-state index is 12.9. The topological polar surface area (TPSA) is 92.4 Å². The van der Waals surface area contributed by atoms with E-state index in [9.17, 15) is 9.59 Å². The molecule has 0 spiro atoms. The van der Waals surface area contributed by atoms with Crippen LogP contribution in [0.3, 0.4) is 0 Å². The summed E-state index contributed by atoms with van der Waals surface area (Å²) in [4.78, 5) is 29.2. The van der Waals surface area contributed by atoms with Crippen LogP contribution in [0.15, 0.2) is 79.1 Å². The quantitative estimate of drug-likeness (QED) is 0.441. The van der Waals surface area contributed by atoms with Crippen LogP contribution < -0.4 is 20.7 Å². The number of hydrogen-bond acceptors (Lipinski definition) is 5. The van der Waals surface area contributed by atoms with Gasteiger partial charge in [0.05, 0.1) is 13.0 Å². The second kappa shape index (κ2) is 11.3. The van der Waals surface area contributed by atoms with Gasteiger partial charge in [-0.2, -0.15) is 0 Å². The van der Waals surface area contributed by atoms with Crippen molar-refractivity contribution < 1.29 is 14.3 Å². The summed E-state index contributed by atoms with van der Waals surface area (Å²) in [6.07, 6.45) is 3.12. The summed E-state index contributed by atoms with van der Waals surface area (Å²) in [6.45, 7) is 1.22. The molecule has 7 heteroatoms. The lowest BCUT2D eigenvalue weighted by atomic mass is 9.98. The fourth-order valence-corrected chi connectivity index (χ4v) is 3.07. The summed E-state index contributed by atoms with van der Waals surface area (Å²) in [6, 6.07) is 20.3. The van der Waals surface area contributed by atoms with E-state index in [1.54, 1.807) is 31.6 Å². The third kappa shape index (κ3) is 6.57. The van der Waals surface area contributed by atoms with Gasteiger partial charge in [0.2, 0.25) is 5.91 Å². The van der Waals surface area contributed by atoms with Gasteiger partial charge in [-0.3, -0.25) is 14.6 Å². The Hall–Kier alpha value is -3.87. The molecule has 1 heterocycles. The zero-order chi connectivity index (χ0) is 21.9. The molecule has 3 rings (SSSR count). The standard InChI is InChI=1S/C24H26N4O3/c1-31-21-9-7-20(8-10-21)26-15-16-27-24(30)22(18-5-3-2-4-6-18)17-28-23(29)19-11-13-25-14-12-19/h2-14,22,26H,15-17H2,1H3,(H,27,30)(H,28,29). The highest BCUT2D eigenvalue weighted by Gasteiger charge is 2.21. The molecule has 0 aliphatic rings. The van der Waals surface area contributed by atoms with Crippen LogP contribution in [0, 0.1) is 0 Å². The molecular formula is C24H26N4O3. The van der Waals surface area contributed by atoms with Gasteiger partial charge in [-0.05, 0) is 42.0 Å². The van der Waals surface area contributed by atoms with Crippen LogP contribution in [0.25, 0.3) is 0 Å². The van der Waals surface area contributed by atoms with E-state index in [2.05, 4.69) is 20.9 Å². The molecule has 1 aromatic heterocycles. The number of aromatic nitrogens is 1. The van der Waals surface area contributed by atoms with Crippen LogP contribution in [-0.4, -0.2) is 43.5 Å². The van der Waals surface area contributed by atoms with E-state index >= 15 is 0 Å². The SMILES string of the molecule is COc1ccc(NCCNC(=O)C(CNC(=O)c2ccncc2)c2ccccc2)cc1. The predicted octanol–water partition coefficient (Wildman–Crippen LogP) is 2.83. The molecule has 0 aliphatic heterocycles. The molecule has 1 unspecified atom stereocenters. The van der Waals surface area contributed by atoms with E-state index in [0.717, 1.165) is 17.0 Å². The molecule has 0 saturated heterocycles. The van der Waals surface area contributed by atoms with E-state index in [1.165, 1.54) is 0 Å². The number of pyridine rings is 1. The van der Waals surface area contributed by atoms with E-state index in [4.69, 9.17) is 4.74 Å². The van der Waals surface area contributed by atoms with Crippen molar-refractivity contribution in [1.82, 2.24) is 15.6 Å². The van der Waals surface area contributed by atoms with Crippen LogP contribution in [0.2, 0.25) is 0 Å². The molecule has 160 valence electrons. The Kier molecular flexibility index (Phi) is 7.99. The lowest BCUT2D eigenvalue weighted by Crippen LogP contribution is -2.39. The van der Waals surface area contributed by atoms with Crippen molar-refractivity contribution in [3.63, 3.8) is 0 Å². The Balaban J connectivity index is 1.54. The minimum atomic E-state index is -0.493. The van der Waals surface area contributed by atoms with E-state index in [-0.39, 0.29) is 18.4 Å². The first-order valence-corrected chi connectivity index (χ1v) is 10.1. The van der Waals surface area contributed by atoms with Crippen LogP contribution in [-0.2, 0) is 4.79 Å². The van der Waals surface area contributed by atoms with E-state index in [1.807, 2.05) is 54.6 Å². The number of ether oxygens (including phenoxy) is 1. The van der Waals surface area contributed by atoms with Crippen molar-refractivity contribution >= 4 is 17.5 Å². The highest BCUT2D eigenvalue weighted by Crippen LogP contribution is 2.16. The number of benzene rings is 2. The highest BCUT2D eigenvalue weighted by atomic mass is 16.5. The fraction of sp³-hybridized carbons (Fsp3) is 0.208. The lowest BCUT2D eigenvalue weighted by molar-refractivity contribution is -0.122. The van der Waals surface area contributed by atoms with Gasteiger partial charge >= 0.3 is 0 Å². The number of methoxy groups -OCH3 is 1. The smallest absolute Gasteiger partial charge is 0.251 e. The third-order valence-electron chi connectivity index (χ3n) is 4.77. The average Bonchev–Trinajstić information content (AvgIpc) is 2.83. The van der Waals surface area contributed by atoms with Gasteiger partial charge in [-0.25, -0.2) is 0 Å². The number of carbonyl (C=O) groups is 2. The third-order valence-corrected chi connectivity index (χ3v) is 4.77. The minimum absolute atomic E-state index is 0.141. The normalized spacial score (nSPS) is 11.3. The molecule has 1 atom stereocenters. The number of carbonyl (C=O) groups excluding carboxylic acids is 2. The van der Waals surface area contributed by atoms with Crippen LogP contribution >= 0.6 is 0 Å². The van der Waals surface area contributed by atoms with Crippen LogP contribution in [0.4, 0.5) is 5.69 Å². The molecule has 0 bridgehead atoms. The summed E-state index contributed by atoms with van der Waals surface area (Å²) in [5.41, 5.74) is 2.29. The summed E-state index contributed by atoms with van der Waals surface area (Å²) < 4.78 is 5.14. The zero-order valence-electron chi connectivity index (χ0n) is 17.4. The number of anilines is 1. The first-order chi connectivity index (χ1) is 15.2. The number of rotatable bonds is 10. The molecular weight excluding hydrogens is 392 g/mol. The highest BCUT2D eigenvalue weighted by molar-refractivity contribution is 5.94. The average molecular weight is 418 g/mol. The van der Waals surface area contributed by atoms with Crippen molar-refractivity contribution in [1.29, 1.82) is 0 Å². The second-order valence-corrected chi connectivity index (χ2v) is 6.86. The molecule has 0 aliphatic carbocycles. The lowest BCUT2D eigenvalue weighted by Gasteiger charge is -2.18. The van der Waals surface area contributed by atoms with Crippen molar-refractivity contribution in [2.75, 3.05) is 32.1 Å². The molecule has 3 N–H and O–H groups in total. The summed E-state index contributed by atoms with van der Waals surface area (Å²) in [5, 5.41) is 9.06. The Morgan fingerprint density at radius 3 is 2.29 bits per heavy atom. The van der Waals surface area contributed by atoms with Gasteiger partial charge in [0.1, 0.15) is 5.75 Å². The Labute approximate surface area is 181 Å². The van der Waals surface area contributed by atoms with Crippen molar-refractivity contribution in [2.45, 2.75) is 5.92 Å². The Morgan fingerprint density at radius 1 is 0.903 bits per heavy atom. The van der Waals surface area contributed by atoms with Gasteiger partial charge in [-0.15, -0.1) is 0 Å². The van der Waals surface area contributed by atoms with Crippen LogP contribution in [0.1, 0.15) is 21.8 Å². The molecule has 0 radical (unpaired) electrons. The molecule has 3 aromatic rings. The van der Waals surface area contributed by atoms with Gasteiger partial charge in [-0.1, -0.05) is 30.3 Å². The summed E-state index contributed by atoms with van der Waals surface area (Å²) in [5.74, 6) is -0.0820. The van der Waals surface area contributed by atoms with E-state index in [0.29, 0.717) is 18.7 Å². The summed E-state index contributed by atoms with van der Waals surface area (Å²) >= 11 is 0. The number of nitrogens with zero attached hydrogens (tertiary/aromatic N) is 1. The van der Waals surface area contributed by atoms with E-state index < -0.39 is 5.92 Å². The monoisotopic (exact) mass is 418 g/mol. The van der Waals surface area contributed by atoms with Gasteiger partial charge in [0, 0.05) is 43.3 Å². The van der Waals surface area contributed by atoms with Crippen molar-refractivity contribution in [3.05, 3.63) is 90.3 Å². The van der Waals surface area contributed by atoms with Gasteiger partial charge < -0.3 is 20.7 Å². The number of hydrogen-bond donors (Lipinski definition) is 3. The number of amides is 2. The first-order valence-electron chi connectivity index (χ1n) is 10.1. The van der Waals surface area contributed by atoms with Crippen molar-refractivity contribution in [2.24, 2.45) is 0 Å². The molecule has 2 amide bonds. The fourth-order valence-electron chi connectivity index (χ4n) is 3.07. The van der Waals surface area contributed by atoms with Gasteiger partial charge in [0.25, 0.3) is 5.91 Å². The van der Waals surface area contributed by atoms with Crippen LogP contribution in [0.5, 0.6) is 5.75 Å². The first kappa shape index (κ1) is 21.8. The summed E-state index contributed by atoms with van der Waals surface area (Å²) in [7, 11) is 1.63. The Bertz CT molecular complexity index is 963. The molecule has 7 nitrogen and oxygen atoms in total. The second-order valence-electron chi connectivity index (χ2n) is 6.86. The van der Waals surface area contributed by atoms with Gasteiger partial charge in [0.15, 0.2) is 0 Å². The predicted molar refractivity (Wildman–Crippen MR) is 120 cm³/mol. The molecule has 31 heavy (non-hydrogen) atoms. The molecule has 2 aromatic carbocycles. The largest absolute Gasteiger partial charge is 0.497 e. The maximum Gasteiger partial charge on any atom is 0.251 e. The zero-order valence-corrected chi connectivity index (χ0v) is 17.4. The van der Waals surface area contributed by atoms with Crippen molar-refractivity contribution in [3.8, 4) is 5.75 Å². The molecule has 0 saturated carbocycles. The minimum Gasteiger partial charge on any atom is -0.497 e.